The van der Waals surface area contributed by atoms with Gasteiger partial charge in [-0.1, -0.05) is 19.3 Å². The summed E-state index contributed by atoms with van der Waals surface area (Å²) in [6, 6.07) is 0. The van der Waals surface area contributed by atoms with E-state index in [4.69, 9.17) is 4.74 Å². The van der Waals surface area contributed by atoms with Crippen molar-refractivity contribution >= 4 is 5.91 Å². The highest BCUT2D eigenvalue weighted by Crippen LogP contribution is 2.31. The van der Waals surface area contributed by atoms with Crippen molar-refractivity contribution in [2.45, 2.75) is 44.1 Å². The number of rotatable bonds is 2. The maximum atomic E-state index is 12.0. The summed E-state index contributed by atoms with van der Waals surface area (Å²) >= 11 is 0. The Hall–Kier alpha value is -0.610. The van der Waals surface area contributed by atoms with Crippen LogP contribution in [-0.2, 0) is 9.53 Å². The molecule has 1 heterocycles. The molecule has 0 radical (unpaired) electrons. The van der Waals surface area contributed by atoms with E-state index in [-0.39, 0.29) is 5.91 Å². The smallest absolute Gasteiger partial charge is 0.225 e. The van der Waals surface area contributed by atoms with Crippen molar-refractivity contribution in [3.63, 3.8) is 0 Å². The van der Waals surface area contributed by atoms with Gasteiger partial charge in [0.15, 0.2) is 0 Å². The minimum Gasteiger partial charge on any atom is -0.389 e. The summed E-state index contributed by atoms with van der Waals surface area (Å²) in [5, 5.41) is 10.3. The summed E-state index contributed by atoms with van der Waals surface area (Å²) < 4.78 is 5.21. The van der Waals surface area contributed by atoms with Crippen LogP contribution in [0, 0.1) is 0 Å². The van der Waals surface area contributed by atoms with Gasteiger partial charge < -0.3 is 14.7 Å². The fourth-order valence-corrected chi connectivity index (χ4v) is 2.59. The van der Waals surface area contributed by atoms with E-state index in [0.29, 0.717) is 32.7 Å². The second-order valence-corrected chi connectivity index (χ2v) is 4.95. The topological polar surface area (TPSA) is 49.8 Å². The molecule has 0 atom stereocenters. The molecule has 0 aromatic rings. The fraction of sp³-hybridized carbons (Fsp3) is 0.917. The van der Waals surface area contributed by atoms with Gasteiger partial charge >= 0.3 is 0 Å². The molecule has 1 saturated carbocycles. The van der Waals surface area contributed by atoms with Crippen molar-refractivity contribution < 1.29 is 14.6 Å². The van der Waals surface area contributed by atoms with Crippen molar-refractivity contribution in [3.05, 3.63) is 0 Å². The summed E-state index contributed by atoms with van der Waals surface area (Å²) in [6.07, 6.45) is 5.15. The van der Waals surface area contributed by atoms with Gasteiger partial charge in [0.05, 0.1) is 25.2 Å². The minimum absolute atomic E-state index is 0.0905. The molecule has 4 heteroatoms. The lowest BCUT2D eigenvalue weighted by molar-refractivity contribution is -0.141. The van der Waals surface area contributed by atoms with Gasteiger partial charge in [0.2, 0.25) is 5.91 Å². The third-order valence-corrected chi connectivity index (χ3v) is 3.63. The summed E-state index contributed by atoms with van der Waals surface area (Å²) in [5.74, 6) is 0.0905. The second kappa shape index (κ2) is 5.15. The Bertz CT molecular complexity index is 243. The van der Waals surface area contributed by atoms with Crippen LogP contribution in [0.15, 0.2) is 0 Å². The molecular formula is C12H21NO3. The summed E-state index contributed by atoms with van der Waals surface area (Å²) in [4.78, 5) is 13.8. The molecule has 2 aliphatic rings. The van der Waals surface area contributed by atoms with E-state index in [9.17, 15) is 9.90 Å². The third kappa shape index (κ3) is 2.95. The standard InChI is InChI=1S/C12H21NO3/c14-11(13-6-8-16-9-7-13)10-12(15)4-2-1-3-5-12/h15H,1-10H2. The number of ether oxygens (including phenoxy) is 1. The number of hydrogen-bond donors (Lipinski definition) is 1. The first-order chi connectivity index (χ1) is 7.70. The van der Waals surface area contributed by atoms with Gasteiger partial charge in [-0.3, -0.25) is 4.79 Å². The maximum Gasteiger partial charge on any atom is 0.225 e. The lowest BCUT2D eigenvalue weighted by Crippen LogP contribution is -2.45. The van der Waals surface area contributed by atoms with Crippen molar-refractivity contribution in [2.75, 3.05) is 26.3 Å². The molecule has 0 bridgehead atoms. The van der Waals surface area contributed by atoms with Crippen LogP contribution in [0.25, 0.3) is 0 Å². The fourth-order valence-electron chi connectivity index (χ4n) is 2.59. The first-order valence-electron chi connectivity index (χ1n) is 6.28. The third-order valence-electron chi connectivity index (χ3n) is 3.63. The normalized spacial score (nSPS) is 25.4. The Morgan fingerprint density at radius 2 is 1.81 bits per heavy atom. The predicted octanol–water partition coefficient (Wildman–Crippen LogP) is 0.930. The summed E-state index contributed by atoms with van der Waals surface area (Å²) in [5.41, 5.74) is -0.729. The molecule has 0 aromatic carbocycles. The highest BCUT2D eigenvalue weighted by molar-refractivity contribution is 5.77. The number of carbonyl (C=O) groups is 1. The highest BCUT2D eigenvalue weighted by atomic mass is 16.5. The molecule has 16 heavy (non-hydrogen) atoms. The number of aliphatic hydroxyl groups is 1. The second-order valence-electron chi connectivity index (χ2n) is 4.95. The largest absolute Gasteiger partial charge is 0.389 e. The van der Waals surface area contributed by atoms with Crippen LogP contribution in [0.5, 0.6) is 0 Å². The molecule has 1 amide bonds. The van der Waals surface area contributed by atoms with Crippen LogP contribution in [-0.4, -0.2) is 47.8 Å². The first-order valence-corrected chi connectivity index (χ1v) is 6.28. The molecule has 1 aliphatic carbocycles. The Morgan fingerprint density at radius 1 is 1.19 bits per heavy atom. The van der Waals surface area contributed by atoms with Gasteiger partial charge in [-0.2, -0.15) is 0 Å². The molecule has 1 saturated heterocycles. The lowest BCUT2D eigenvalue weighted by Gasteiger charge is -2.34. The monoisotopic (exact) mass is 227 g/mol. The quantitative estimate of drug-likeness (QED) is 0.763. The van der Waals surface area contributed by atoms with E-state index in [2.05, 4.69) is 0 Å². The summed E-state index contributed by atoms with van der Waals surface area (Å²) in [7, 11) is 0. The van der Waals surface area contributed by atoms with E-state index >= 15 is 0 Å². The zero-order valence-corrected chi connectivity index (χ0v) is 9.78. The molecule has 4 nitrogen and oxygen atoms in total. The van der Waals surface area contributed by atoms with Crippen LogP contribution < -0.4 is 0 Å². The first kappa shape index (κ1) is 11.9. The Balaban J connectivity index is 1.85. The van der Waals surface area contributed by atoms with Crippen LogP contribution in [0.3, 0.4) is 0 Å². The van der Waals surface area contributed by atoms with Gasteiger partial charge in [-0.25, -0.2) is 0 Å². The zero-order valence-electron chi connectivity index (χ0n) is 9.78. The number of morpholine rings is 1. The highest BCUT2D eigenvalue weighted by Gasteiger charge is 2.33. The van der Waals surface area contributed by atoms with Crippen LogP contribution in [0.2, 0.25) is 0 Å². The average molecular weight is 227 g/mol. The van der Waals surface area contributed by atoms with Crippen LogP contribution >= 0.6 is 0 Å². The van der Waals surface area contributed by atoms with E-state index in [1.807, 2.05) is 4.90 Å². The summed E-state index contributed by atoms with van der Waals surface area (Å²) in [6.45, 7) is 2.61. The van der Waals surface area contributed by atoms with Gasteiger partial charge in [-0.05, 0) is 12.8 Å². The van der Waals surface area contributed by atoms with E-state index < -0.39 is 5.60 Å². The Kier molecular flexibility index (Phi) is 3.82. The SMILES string of the molecule is O=C(CC1(O)CCCCC1)N1CCOCC1. The number of nitrogens with zero attached hydrogens (tertiary/aromatic N) is 1. The molecule has 1 aliphatic heterocycles. The van der Waals surface area contributed by atoms with Crippen molar-refractivity contribution in [1.29, 1.82) is 0 Å². The van der Waals surface area contributed by atoms with Crippen LogP contribution in [0.4, 0.5) is 0 Å². The zero-order chi connectivity index (χ0) is 11.4. The molecule has 92 valence electrons. The number of carbonyl (C=O) groups excluding carboxylic acids is 1. The molecule has 0 spiro atoms. The number of amides is 1. The van der Waals surface area contributed by atoms with E-state index in [1.54, 1.807) is 0 Å². The predicted molar refractivity (Wildman–Crippen MR) is 60.1 cm³/mol. The van der Waals surface area contributed by atoms with Gasteiger partial charge in [0, 0.05) is 13.1 Å². The molecule has 0 unspecified atom stereocenters. The maximum absolute atomic E-state index is 12.0. The Labute approximate surface area is 96.6 Å². The minimum atomic E-state index is -0.729. The molecule has 2 rings (SSSR count). The molecule has 1 N–H and O–H groups in total. The van der Waals surface area contributed by atoms with Gasteiger partial charge in [-0.15, -0.1) is 0 Å². The van der Waals surface area contributed by atoms with Crippen LogP contribution in [0.1, 0.15) is 38.5 Å². The van der Waals surface area contributed by atoms with E-state index in [0.717, 1.165) is 25.7 Å². The molecular weight excluding hydrogens is 206 g/mol. The Morgan fingerprint density at radius 3 is 2.44 bits per heavy atom. The molecule has 0 aromatic heterocycles. The molecule has 2 fully saturated rings. The van der Waals surface area contributed by atoms with Crippen molar-refractivity contribution in [1.82, 2.24) is 4.90 Å². The number of hydrogen-bond acceptors (Lipinski definition) is 3. The van der Waals surface area contributed by atoms with E-state index in [1.165, 1.54) is 6.42 Å². The van der Waals surface area contributed by atoms with Gasteiger partial charge in [0.1, 0.15) is 0 Å². The lowest BCUT2D eigenvalue weighted by atomic mass is 9.82. The van der Waals surface area contributed by atoms with Gasteiger partial charge in [0.25, 0.3) is 0 Å². The van der Waals surface area contributed by atoms with Crippen molar-refractivity contribution in [2.24, 2.45) is 0 Å². The van der Waals surface area contributed by atoms with Crippen molar-refractivity contribution in [3.8, 4) is 0 Å². The average Bonchev–Trinajstić information content (AvgIpc) is 2.30.